The summed E-state index contributed by atoms with van der Waals surface area (Å²) >= 11 is 0. The van der Waals surface area contributed by atoms with Crippen LogP contribution < -0.4 is 5.32 Å². The Hall–Kier alpha value is -2.68. The summed E-state index contributed by atoms with van der Waals surface area (Å²) in [4.78, 5) is 29.7. The number of carbonyl (C=O) groups is 2. The smallest absolute Gasteiger partial charge is 0.326 e. The first-order valence-corrected chi connectivity index (χ1v) is 6.05. The lowest BCUT2D eigenvalue weighted by molar-refractivity contribution is -0.139. The highest BCUT2D eigenvalue weighted by Gasteiger charge is 2.23. The van der Waals surface area contributed by atoms with Crippen molar-refractivity contribution in [1.29, 1.82) is 0 Å². The molecule has 0 saturated carbocycles. The van der Waals surface area contributed by atoms with Crippen LogP contribution in [0.25, 0.3) is 0 Å². The number of aromatic amines is 1. The Morgan fingerprint density at radius 1 is 1.57 bits per heavy atom. The molecular formula is C12H14N4O5. The zero-order valence-corrected chi connectivity index (χ0v) is 11.2. The largest absolute Gasteiger partial charge is 0.480 e. The minimum Gasteiger partial charge on any atom is -0.480 e. The normalized spacial score (nSPS) is 12.0. The van der Waals surface area contributed by atoms with Crippen LogP contribution in [0.5, 0.6) is 0 Å². The molecule has 0 bridgehead atoms. The van der Waals surface area contributed by atoms with Crippen LogP contribution in [0, 0.1) is 0 Å². The minimum atomic E-state index is -1.15. The number of carbonyl (C=O) groups excluding carboxylic acids is 1. The van der Waals surface area contributed by atoms with Gasteiger partial charge >= 0.3 is 5.97 Å². The number of imidazole rings is 1. The molecule has 0 aliphatic carbocycles. The molecule has 3 N–H and O–H groups in total. The number of carboxylic acids is 1. The fourth-order valence-corrected chi connectivity index (χ4v) is 1.68. The zero-order valence-electron chi connectivity index (χ0n) is 11.2. The highest BCUT2D eigenvalue weighted by molar-refractivity contribution is 5.94. The lowest BCUT2D eigenvalue weighted by Gasteiger charge is -2.12. The third-order valence-corrected chi connectivity index (χ3v) is 2.66. The third-order valence-electron chi connectivity index (χ3n) is 2.66. The number of hydrogen-bond acceptors (Lipinski definition) is 6. The standard InChI is InChI=1S/C12H14N4O5/c1-20-5-8-3-9(16-21-8)11(17)15-10(12(18)19)2-7-4-13-6-14-7/h3-4,6,10H,2,5H2,1H3,(H,13,14)(H,15,17)(H,18,19). The van der Waals surface area contributed by atoms with E-state index in [1.165, 1.54) is 25.7 Å². The molecule has 21 heavy (non-hydrogen) atoms. The number of aliphatic carboxylic acids is 1. The molecule has 0 spiro atoms. The minimum absolute atomic E-state index is 0.00193. The molecule has 112 valence electrons. The van der Waals surface area contributed by atoms with Gasteiger partial charge in [-0.05, 0) is 0 Å². The second-order valence-electron chi connectivity index (χ2n) is 4.26. The number of hydrogen-bond donors (Lipinski definition) is 3. The van der Waals surface area contributed by atoms with Crippen molar-refractivity contribution in [3.63, 3.8) is 0 Å². The summed E-state index contributed by atoms with van der Waals surface area (Å²) in [6.45, 7) is 0.177. The van der Waals surface area contributed by atoms with E-state index in [9.17, 15) is 9.59 Å². The van der Waals surface area contributed by atoms with Crippen LogP contribution in [-0.2, 0) is 22.6 Å². The van der Waals surface area contributed by atoms with Crippen LogP contribution in [-0.4, -0.2) is 45.3 Å². The average molecular weight is 294 g/mol. The molecule has 0 radical (unpaired) electrons. The van der Waals surface area contributed by atoms with Crippen LogP contribution in [0.15, 0.2) is 23.1 Å². The van der Waals surface area contributed by atoms with Gasteiger partial charge < -0.3 is 24.7 Å². The van der Waals surface area contributed by atoms with E-state index < -0.39 is 17.9 Å². The summed E-state index contributed by atoms with van der Waals surface area (Å²) in [5, 5.41) is 15.1. The maximum Gasteiger partial charge on any atom is 0.326 e. The van der Waals surface area contributed by atoms with Crippen molar-refractivity contribution < 1.29 is 24.0 Å². The van der Waals surface area contributed by atoms with E-state index in [4.69, 9.17) is 14.4 Å². The van der Waals surface area contributed by atoms with Crippen molar-refractivity contribution in [3.8, 4) is 0 Å². The van der Waals surface area contributed by atoms with Gasteiger partial charge in [0.2, 0.25) is 0 Å². The molecule has 0 fully saturated rings. The summed E-state index contributed by atoms with van der Waals surface area (Å²) in [5.74, 6) is -1.41. The van der Waals surface area contributed by atoms with E-state index in [-0.39, 0.29) is 18.7 Å². The van der Waals surface area contributed by atoms with Gasteiger partial charge in [0.1, 0.15) is 12.6 Å². The molecule has 1 unspecified atom stereocenters. The van der Waals surface area contributed by atoms with Gasteiger partial charge in [0, 0.05) is 31.5 Å². The number of aromatic nitrogens is 3. The van der Waals surface area contributed by atoms with Crippen molar-refractivity contribution in [2.75, 3.05) is 7.11 Å². The van der Waals surface area contributed by atoms with Gasteiger partial charge in [-0.1, -0.05) is 5.16 Å². The van der Waals surface area contributed by atoms with Crippen LogP contribution >= 0.6 is 0 Å². The number of H-pyrrole nitrogens is 1. The number of nitrogens with one attached hydrogen (secondary N) is 2. The molecule has 9 nitrogen and oxygen atoms in total. The quantitative estimate of drug-likeness (QED) is 0.653. The Labute approximate surface area is 119 Å². The van der Waals surface area contributed by atoms with Crippen LogP contribution in [0.1, 0.15) is 21.9 Å². The molecule has 0 aliphatic rings. The second kappa shape index (κ2) is 6.66. The lowest BCUT2D eigenvalue weighted by atomic mass is 10.1. The Morgan fingerprint density at radius 3 is 3.00 bits per heavy atom. The average Bonchev–Trinajstić information content (AvgIpc) is 3.09. The number of nitrogens with zero attached hydrogens (tertiary/aromatic N) is 2. The number of methoxy groups -OCH3 is 1. The maximum absolute atomic E-state index is 11.9. The van der Waals surface area contributed by atoms with Gasteiger partial charge in [0.25, 0.3) is 5.91 Å². The highest BCUT2D eigenvalue weighted by Crippen LogP contribution is 2.06. The molecule has 1 atom stereocenters. The lowest BCUT2D eigenvalue weighted by Crippen LogP contribution is -2.42. The maximum atomic E-state index is 11.9. The van der Waals surface area contributed by atoms with Crippen molar-refractivity contribution in [2.24, 2.45) is 0 Å². The molecule has 0 aliphatic heterocycles. The Balaban J connectivity index is 2.01. The Kier molecular flexibility index (Phi) is 4.67. The number of ether oxygens (including phenoxy) is 1. The zero-order chi connectivity index (χ0) is 15.2. The van der Waals surface area contributed by atoms with Crippen LogP contribution in [0.4, 0.5) is 0 Å². The van der Waals surface area contributed by atoms with Gasteiger partial charge in [-0.2, -0.15) is 0 Å². The van der Waals surface area contributed by atoms with Gasteiger partial charge in [0.15, 0.2) is 11.5 Å². The molecule has 2 aromatic heterocycles. The second-order valence-corrected chi connectivity index (χ2v) is 4.26. The summed E-state index contributed by atoms with van der Waals surface area (Å²) in [5.41, 5.74) is 0.598. The molecule has 0 saturated heterocycles. The predicted octanol–water partition coefficient (Wildman–Crippen LogP) is -0.0302. The van der Waals surface area contributed by atoms with E-state index in [1.54, 1.807) is 0 Å². The van der Waals surface area contributed by atoms with E-state index in [2.05, 4.69) is 20.4 Å². The SMILES string of the molecule is COCc1cc(C(=O)NC(Cc2cnc[nH]2)C(=O)O)no1. The molecule has 0 aromatic carbocycles. The summed E-state index contributed by atoms with van der Waals surface area (Å²) in [7, 11) is 1.48. The fourth-order valence-electron chi connectivity index (χ4n) is 1.68. The third kappa shape index (κ3) is 3.89. The first kappa shape index (κ1) is 14.7. The Bertz CT molecular complexity index is 607. The molecular weight excluding hydrogens is 280 g/mol. The van der Waals surface area contributed by atoms with Crippen molar-refractivity contribution in [1.82, 2.24) is 20.4 Å². The van der Waals surface area contributed by atoms with Crippen LogP contribution in [0.2, 0.25) is 0 Å². The van der Waals surface area contributed by atoms with Gasteiger partial charge in [-0.15, -0.1) is 0 Å². The Morgan fingerprint density at radius 2 is 2.38 bits per heavy atom. The number of rotatable bonds is 7. The first-order valence-electron chi connectivity index (χ1n) is 6.05. The van der Waals surface area contributed by atoms with Crippen molar-refractivity contribution in [2.45, 2.75) is 19.1 Å². The van der Waals surface area contributed by atoms with Gasteiger partial charge in [-0.25, -0.2) is 9.78 Å². The van der Waals surface area contributed by atoms with E-state index >= 15 is 0 Å². The van der Waals surface area contributed by atoms with Gasteiger partial charge in [-0.3, -0.25) is 4.79 Å². The molecule has 9 heteroatoms. The number of carboxylic acid groups (broad SMARTS) is 1. The fraction of sp³-hybridized carbons (Fsp3) is 0.333. The van der Waals surface area contributed by atoms with E-state index in [1.807, 2.05) is 0 Å². The predicted molar refractivity (Wildman–Crippen MR) is 68.4 cm³/mol. The summed E-state index contributed by atoms with van der Waals surface area (Å²) in [6.07, 6.45) is 3.02. The van der Waals surface area contributed by atoms with E-state index in [0.717, 1.165) is 0 Å². The summed E-state index contributed by atoms with van der Waals surface area (Å²) in [6, 6.07) is 0.300. The first-order chi connectivity index (χ1) is 10.1. The van der Waals surface area contributed by atoms with Gasteiger partial charge in [0.05, 0.1) is 6.33 Å². The van der Waals surface area contributed by atoms with Crippen molar-refractivity contribution in [3.05, 3.63) is 35.7 Å². The molecule has 1 amide bonds. The molecule has 2 rings (SSSR count). The van der Waals surface area contributed by atoms with Crippen molar-refractivity contribution >= 4 is 11.9 Å². The summed E-state index contributed by atoms with van der Waals surface area (Å²) < 4.78 is 9.71. The van der Waals surface area contributed by atoms with E-state index in [0.29, 0.717) is 11.5 Å². The van der Waals surface area contributed by atoms with Crippen LogP contribution in [0.3, 0.4) is 0 Å². The topological polar surface area (TPSA) is 130 Å². The number of amides is 1. The molecule has 2 heterocycles. The highest BCUT2D eigenvalue weighted by atomic mass is 16.5. The monoisotopic (exact) mass is 294 g/mol. The molecule has 2 aromatic rings.